The van der Waals surface area contributed by atoms with Gasteiger partial charge in [0.05, 0.1) is 16.0 Å². The molecule has 0 fully saturated rings. The van der Waals surface area contributed by atoms with Crippen molar-refractivity contribution < 1.29 is 9.59 Å². The standard InChI is InChI=1S/C21H25N5O2S3/c1-2-3-8-23-21(28)15-5-4-6-16(12-15)26-18(27)13-31-30-11-9-22-20-19-17(7-10-29-19)24-14-25-20/h4-7,10,12,14H,2-3,8-9,11,13H2,1H3,(H,23,28)(H,26,27)(H,22,24,25). The molecular formula is C21H25N5O2S3. The van der Waals surface area contributed by atoms with Crippen LogP contribution in [0.5, 0.6) is 0 Å². The SMILES string of the molecule is CCCCNC(=O)c1cccc(NC(=O)CSSCCNc2ncnc3ccsc23)c1. The highest BCUT2D eigenvalue weighted by Crippen LogP contribution is 2.25. The second kappa shape index (κ2) is 12.5. The maximum atomic E-state index is 12.2. The Morgan fingerprint density at radius 3 is 2.90 bits per heavy atom. The van der Waals surface area contributed by atoms with Crippen molar-refractivity contribution in [3.63, 3.8) is 0 Å². The molecule has 3 aromatic rings. The highest BCUT2D eigenvalue weighted by atomic mass is 33.1. The highest BCUT2D eigenvalue weighted by molar-refractivity contribution is 8.76. The van der Waals surface area contributed by atoms with Gasteiger partial charge in [0.15, 0.2) is 0 Å². The topological polar surface area (TPSA) is 96.0 Å². The van der Waals surface area contributed by atoms with Crippen molar-refractivity contribution >= 4 is 66.5 Å². The maximum Gasteiger partial charge on any atom is 0.251 e. The summed E-state index contributed by atoms with van der Waals surface area (Å²) >= 11 is 1.62. The minimum atomic E-state index is -0.120. The largest absolute Gasteiger partial charge is 0.368 e. The number of carbonyl (C=O) groups excluding carboxylic acids is 2. The Morgan fingerprint density at radius 1 is 1.13 bits per heavy atom. The maximum absolute atomic E-state index is 12.2. The minimum Gasteiger partial charge on any atom is -0.368 e. The third-order valence-corrected chi connectivity index (χ3v) is 7.40. The van der Waals surface area contributed by atoms with Gasteiger partial charge in [-0.25, -0.2) is 9.97 Å². The van der Waals surface area contributed by atoms with Crippen LogP contribution in [0, 0.1) is 0 Å². The number of benzene rings is 1. The molecule has 0 atom stereocenters. The van der Waals surface area contributed by atoms with Crippen molar-refractivity contribution in [2.45, 2.75) is 19.8 Å². The van der Waals surface area contributed by atoms with Crippen LogP contribution in [-0.4, -0.2) is 46.4 Å². The molecule has 0 aliphatic carbocycles. The van der Waals surface area contributed by atoms with Crippen LogP contribution in [-0.2, 0) is 4.79 Å². The summed E-state index contributed by atoms with van der Waals surface area (Å²) in [6, 6.07) is 8.99. The fraction of sp³-hybridized carbons (Fsp3) is 0.333. The molecule has 1 aromatic carbocycles. The first kappa shape index (κ1) is 23.4. The molecule has 3 rings (SSSR count). The summed E-state index contributed by atoms with van der Waals surface area (Å²) in [5.41, 5.74) is 2.12. The number of hydrogen-bond donors (Lipinski definition) is 3. The quantitative estimate of drug-likeness (QED) is 0.259. The fourth-order valence-electron chi connectivity index (χ4n) is 2.70. The summed E-state index contributed by atoms with van der Waals surface area (Å²) in [6.07, 6.45) is 3.54. The Morgan fingerprint density at radius 2 is 2.03 bits per heavy atom. The second-order valence-corrected chi connectivity index (χ2v) is 10.1. The molecule has 3 N–H and O–H groups in total. The van der Waals surface area contributed by atoms with Crippen molar-refractivity contribution in [3.8, 4) is 0 Å². The Balaban J connectivity index is 1.34. The van der Waals surface area contributed by atoms with E-state index in [1.54, 1.807) is 52.7 Å². The molecule has 10 heteroatoms. The molecule has 0 aliphatic heterocycles. The smallest absolute Gasteiger partial charge is 0.251 e. The van der Waals surface area contributed by atoms with Gasteiger partial charge in [-0.1, -0.05) is 41.0 Å². The lowest BCUT2D eigenvalue weighted by molar-refractivity contribution is -0.113. The van der Waals surface area contributed by atoms with E-state index < -0.39 is 0 Å². The molecule has 0 radical (unpaired) electrons. The number of unbranched alkanes of at least 4 members (excludes halogenated alkanes) is 1. The number of carbonyl (C=O) groups is 2. The number of nitrogens with zero attached hydrogens (tertiary/aromatic N) is 2. The van der Waals surface area contributed by atoms with Crippen LogP contribution in [0.25, 0.3) is 10.2 Å². The van der Waals surface area contributed by atoms with Gasteiger partial charge in [-0.05, 0) is 36.1 Å². The van der Waals surface area contributed by atoms with Crippen molar-refractivity contribution in [2.75, 3.05) is 35.2 Å². The van der Waals surface area contributed by atoms with Gasteiger partial charge in [-0.3, -0.25) is 9.59 Å². The average Bonchev–Trinajstić information content (AvgIpc) is 3.26. The molecule has 31 heavy (non-hydrogen) atoms. The Hall–Kier alpha value is -2.30. The number of hydrogen-bond acceptors (Lipinski definition) is 8. The van der Waals surface area contributed by atoms with E-state index in [1.165, 1.54) is 10.8 Å². The average molecular weight is 476 g/mol. The summed E-state index contributed by atoms with van der Waals surface area (Å²) < 4.78 is 1.06. The Bertz CT molecular complexity index is 1010. The van der Waals surface area contributed by atoms with Crippen LogP contribution in [0.15, 0.2) is 42.0 Å². The number of rotatable bonds is 12. The van der Waals surface area contributed by atoms with Gasteiger partial charge < -0.3 is 16.0 Å². The molecule has 0 bridgehead atoms. The Kier molecular flexibility index (Phi) is 9.44. The molecule has 2 aromatic heterocycles. The lowest BCUT2D eigenvalue weighted by atomic mass is 10.2. The van der Waals surface area contributed by atoms with Gasteiger partial charge in [0.1, 0.15) is 12.1 Å². The molecule has 7 nitrogen and oxygen atoms in total. The number of aromatic nitrogens is 2. The predicted octanol–water partition coefficient (Wildman–Crippen LogP) is 4.65. The predicted molar refractivity (Wildman–Crippen MR) is 133 cm³/mol. The van der Waals surface area contributed by atoms with E-state index in [4.69, 9.17) is 0 Å². The number of fused-ring (bicyclic) bond motifs is 1. The van der Waals surface area contributed by atoms with Crippen molar-refractivity contribution in [2.24, 2.45) is 0 Å². The summed E-state index contributed by atoms with van der Waals surface area (Å²) in [5.74, 6) is 1.81. The summed E-state index contributed by atoms with van der Waals surface area (Å²) in [7, 11) is 3.13. The summed E-state index contributed by atoms with van der Waals surface area (Å²) in [4.78, 5) is 32.9. The van der Waals surface area contributed by atoms with Crippen molar-refractivity contribution in [1.82, 2.24) is 15.3 Å². The molecule has 164 valence electrons. The number of amides is 2. The van der Waals surface area contributed by atoms with Crippen LogP contribution < -0.4 is 16.0 Å². The van der Waals surface area contributed by atoms with Gasteiger partial charge in [0.25, 0.3) is 5.91 Å². The number of nitrogens with one attached hydrogen (secondary N) is 3. The van der Waals surface area contributed by atoms with E-state index in [0.717, 1.165) is 41.2 Å². The summed E-state index contributed by atoms with van der Waals surface area (Å²) in [5, 5.41) is 11.1. The molecule has 0 saturated carbocycles. The van der Waals surface area contributed by atoms with Crippen LogP contribution in [0.1, 0.15) is 30.1 Å². The van der Waals surface area contributed by atoms with Crippen molar-refractivity contribution in [3.05, 3.63) is 47.6 Å². The van der Waals surface area contributed by atoms with E-state index in [9.17, 15) is 9.59 Å². The minimum absolute atomic E-state index is 0.0925. The van der Waals surface area contributed by atoms with Gasteiger partial charge in [0.2, 0.25) is 5.91 Å². The zero-order valence-corrected chi connectivity index (χ0v) is 19.7. The molecule has 0 saturated heterocycles. The van der Waals surface area contributed by atoms with E-state index in [0.29, 0.717) is 23.5 Å². The van der Waals surface area contributed by atoms with Gasteiger partial charge in [0, 0.05) is 30.1 Å². The zero-order chi connectivity index (χ0) is 21.9. The first-order valence-electron chi connectivity index (χ1n) is 10.0. The van der Waals surface area contributed by atoms with E-state index in [2.05, 4.69) is 32.8 Å². The Labute approximate surface area is 193 Å². The van der Waals surface area contributed by atoms with E-state index in [1.807, 2.05) is 11.4 Å². The van der Waals surface area contributed by atoms with Crippen LogP contribution in [0.3, 0.4) is 0 Å². The van der Waals surface area contributed by atoms with E-state index >= 15 is 0 Å². The number of anilines is 2. The third kappa shape index (κ3) is 7.41. The monoisotopic (exact) mass is 475 g/mol. The van der Waals surface area contributed by atoms with Crippen molar-refractivity contribution in [1.29, 1.82) is 0 Å². The molecule has 2 amide bonds. The first-order valence-corrected chi connectivity index (χ1v) is 13.4. The zero-order valence-electron chi connectivity index (χ0n) is 17.2. The van der Waals surface area contributed by atoms with Gasteiger partial charge >= 0.3 is 0 Å². The van der Waals surface area contributed by atoms with E-state index in [-0.39, 0.29) is 11.8 Å². The highest BCUT2D eigenvalue weighted by Gasteiger charge is 2.08. The van der Waals surface area contributed by atoms with Gasteiger partial charge in [-0.15, -0.1) is 11.3 Å². The molecular weight excluding hydrogens is 450 g/mol. The lowest BCUT2D eigenvalue weighted by Crippen LogP contribution is -2.24. The lowest BCUT2D eigenvalue weighted by Gasteiger charge is -2.08. The van der Waals surface area contributed by atoms with Crippen LogP contribution in [0.4, 0.5) is 11.5 Å². The molecule has 0 aliphatic rings. The molecule has 2 heterocycles. The summed E-state index contributed by atoms with van der Waals surface area (Å²) in [6.45, 7) is 3.48. The third-order valence-electron chi connectivity index (χ3n) is 4.22. The van der Waals surface area contributed by atoms with Gasteiger partial charge in [-0.2, -0.15) is 0 Å². The second-order valence-electron chi connectivity index (χ2n) is 6.61. The first-order chi connectivity index (χ1) is 15.2. The molecule has 0 unspecified atom stereocenters. The number of thiophene rings is 1. The van der Waals surface area contributed by atoms with Crippen LogP contribution in [0.2, 0.25) is 0 Å². The normalized spacial score (nSPS) is 10.7. The molecule has 0 spiro atoms. The fourth-order valence-corrected chi connectivity index (χ4v) is 5.25. The van der Waals surface area contributed by atoms with Crippen LogP contribution >= 0.6 is 32.9 Å².